The van der Waals surface area contributed by atoms with Gasteiger partial charge in [-0.25, -0.2) is 18.7 Å². The van der Waals surface area contributed by atoms with Crippen LogP contribution in [0.1, 0.15) is 39.3 Å². The van der Waals surface area contributed by atoms with Crippen LogP contribution < -0.4 is 10.6 Å². The Morgan fingerprint density at radius 3 is 2.57 bits per heavy atom. The largest absolute Gasteiger partial charge is 0.507 e. The number of aromatic hydroxyl groups is 1. The van der Waals surface area contributed by atoms with E-state index in [1.807, 2.05) is 44.9 Å². The highest BCUT2D eigenvalue weighted by Gasteiger charge is 2.34. The summed E-state index contributed by atoms with van der Waals surface area (Å²) in [6, 6.07) is 8.94. The monoisotopic (exact) mass is 588 g/mol. The van der Waals surface area contributed by atoms with Gasteiger partial charge >= 0.3 is 5.69 Å². The molecule has 0 bridgehead atoms. The van der Waals surface area contributed by atoms with Gasteiger partial charge in [0.1, 0.15) is 17.4 Å². The zero-order chi connectivity index (χ0) is 30.3. The SMILES string of the molecule is C=CC(=O)N1C[C@H](C)N(c2nc(=O)n(-c3c(SC)ccnc3C(C)C)c3nc(-c4c(O)cccc4F)ccc23)C[C@H]1C. The summed E-state index contributed by atoms with van der Waals surface area (Å²) in [5, 5.41) is 11.1. The Kier molecular flexibility index (Phi) is 8.05. The van der Waals surface area contributed by atoms with E-state index >= 15 is 0 Å². The third-order valence-electron chi connectivity index (χ3n) is 7.59. The van der Waals surface area contributed by atoms with Gasteiger partial charge in [0, 0.05) is 36.3 Å². The highest BCUT2D eigenvalue weighted by atomic mass is 32.2. The Bertz CT molecular complexity index is 1740. The molecule has 1 aromatic carbocycles. The van der Waals surface area contributed by atoms with Crippen LogP contribution in [0.3, 0.4) is 0 Å². The van der Waals surface area contributed by atoms with Crippen LogP contribution in [0.15, 0.2) is 64.9 Å². The van der Waals surface area contributed by atoms with Gasteiger partial charge in [0.15, 0.2) is 5.65 Å². The number of carbonyl (C=O) groups excluding carboxylic acids is 1. The summed E-state index contributed by atoms with van der Waals surface area (Å²) in [4.78, 5) is 45.1. The summed E-state index contributed by atoms with van der Waals surface area (Å²) in [7, 11) is 0. The first kappa shape index (κ1) is 29.2. The quantitative estimate of drug-likeness (QED) is 0.244. The number of phenolic OH excluding ortho intramolecular Hbond substituents is 1. The number of hydrogen-bond acceptors (Lipinski definition) is 8. The maximum atomic E-state index is 15.0. The lowest BCUT2D eigenvalue weighted by Crippen LogP contribution is -2.58. The minimum atomic E-state index is -0.635. The van der Waals surface area contributed by atoms with Crippen LogP contribution in [-0.2, 0) is 4.79 Å². The molecule has 1 fully saturated rings. The number of benzene rings is 1. The van der Waals surface area contributed by atoms with Gasteiger partial charge in [-0.05, 0) is 62.4 Å². The molecule has 0 spiro atoms. The van der Waals surface area contributed by atoms with Crippen molar-refractivity contribution in [1.82, 2.24) is 24.4 Å². The standard InChI is InChI=1S/C31H33FN6O3S/c1-7-25(40)36-15-19(5)37(16-18(36)4)29-20-11-12-22(26-21(32)9-8-10-23(26)39)34-30(20)38(31(41)35-29)28-24(42-6)13-14-33-27(28)17(2)3/h7-14,17-19,39H,1,15-16H2,2-6H3/t18-,19+/m1/s1. The highest BCUT2D eigenvalue weighted by molar-refractivity contribution is 7.98. The maximum absolute atomic E-state index is 15.0. The van der Waals surface area contributed by atoms with Crippen molar-refractivity contribution in [2.24, 2.45) is 0 Å². The lowest BCUT2D eigenvalue weighted by molar-refractivity contribution is -0.128. The molecule has 5 rings (SSSR count). The number of pyridine rings is 2. The number of piperazine rings is 1. The average Bonchev–Trinajstić information content (AvgIpc) is 2.96. The predicted octanol–water partition coefficient (Wildman–Crippen LogP) is 5.14. The molecule has 4 aromatic rings. The molecular formula is C31H33FN6O3S. The number of anilines is 1. The van der Waals surface area contributed by atoms with Crippen molar-refractivity contribution in [2.75, 3.05) is 24.2 Å². The van der Waals surface area contributed by atoms with E-state index in [1.165, 1.54) is 40.6 Å². The predicted molar refractivity (Wildman–Crippen MR) is 164 cm³/mol. The molecule has 0 aliphatic carbocycles. The summed E-state index contributed by atoms with van der Waals surface area (Å²) >= 11 is 1.47. The van der Waals surface area contributed by atoms with Crippen molar-refractivity contribution in [3.63, 3.8) is 0 Å². The number of thioether (sulfide) groups is 1. The fourth-order valence-electron chi connectivity index (χ4n) is 5.52. The van der Waals surface area contributed by atoms with Gasteiger partial charge in [0.25, 0.3) is 0 Å². The van der Waals surface area contributed by atoms with Crippen LogP contribution in [0.2, 0.25) is 0 Å². The Morgan fingerprint density at radius 2 is 1.90 bits per heavy atom. The van der Waals surface area contributed by atoms with Gasteiger partial charge < -0.3 is 14.9 Å². The van der Waals surface area contributed by atoms with Gasteiger partial charge in [0.05, 0.1) is 28.0 Å². The van der Waals surface area contributed by atoms with Crippen LogP contribution in [0.4, 0.5) is 10.2 Å². The Labute approximate surface area is 247 Å². The van der Waals surface area contributed by atoms with Crippen LogP contribution in [0.5, 0.6) is 5.75 Å². The second-order valence-corrected chi connectivity index (χ2v) is 11.5. The summed E-state index contributed by atoms with van der Waals surface area (Å²) in [6.07, 6.45) is 4.94. The number of fused-ring (bicyclic) bond motifs is 1. The third-order valence-corrected chi connectivity index (χ3v) is 8.36. The minimum absolute atomic E-state index is 0.0242. The molecule has 9 nitrogen and oxygen atoms in total. The first-order valence-corrected chi connectivity index (χ1v) is 14.9. The molecule has 0 radical (unpaired) electrons. The molecule has 1 N–H and O–H groups in total. The second-order valence-electron chi connectivity index (χ2n) is 10.7. The summed E-state index contributed by atoms with van der Waals surface area (Å²) in [5.41, 5.74) is 1.08. The van der Waals surface area contributed by atoms with Crippen molar-refractivity contribution in [2.45, 2.75) is 50.6 Å². The van der Waals surface area contributed by atoms with Crippen molar-refractivity contribution in [3.8, 4) is 22.7 Å². The maximum Gasteiger partial charge on any atom is 0.355 e. The van der Waals surface area contributed by atoms with E-state index in [4.69, 9.17) is 4.98 Å². The van der Waals surface area contributed by atoms with Crippen molar-refractivity contribution in [1.29, 1.82) is 0 Å². The minimum Gasteiger partial charge on any atom is -0.507 e. The fourth-order valence-corrected chi connectivity index (χ4v) is 6.11. The van der Waals surface area contributed by atoms with Crippen molar-refractivity contribution >= 4 is 34.5 Å². The van der Waals surface area contributed by atoms with Crippen molar-refractivity contribution < 1.29 is 14.3 Å². The zero-order valence-electron chi connectivity index (χ0n) is 24.2. The molecule has 218 valence electrons. The fraction of sp³-hybridized carbons (Fsp3) is 0.323. The van der Waals surface area contributed by atoms with E-state index in [0.717, 1.165) is 4.90 Å². The van der Waals surface area contributed by atoms with Crippen LogP contribution in [0.25, 0.3) is 28.0 Å². The normalized spacial score (nSPS) is 17.2. The Morgan fingerprint density at radius 1 is 1.14 bits per heavy atom. The summed E-state index contributed by atoms with van der Waals surface area (Å²) in [6.45, 7) is 12.4. The molecule has 1 aliphatic heterocycles. The molecular weight excluding hydrogens is 555 g/mol. The number of carbonyl (C=O) groups is 1. The number of nitrogens with zero attached hydrogens (tertiary/aromatic N) is 6. The zero-order valence-corrected chi connectivity index (χ0v) is 25.0. The van der Waals surface area contributed by atoms with Crippen molar-refractivity contribution in [3.05, 3.63) is 77.2 Å². The van der Waals surface area contributed by atoms with Crippen LogP contribution in [0, 0.1) is 5.82 Å². The molecule has 2 atom stereocenters. The highest BCUT2D eigenvalue weighted by Crippen LogP contribution is 2.36. The van der Waals surface area contributed by atoms with E-state index < -0.39 is 11.5 Å². The number of aromatic nitrogens is 4. The number of rotatable bonds is 6. The topological polar surface area (TPSA) is 104 Å². The van der Waals surface area contributed by atoms with Gasteiger partial charge in [0.2, 0.25) is 5.91 Å². The molecule has 11 heteroatoms. The second kappa shape index (κ2) is 11.6. The van der Waals surface area contributed by atoms with E-state index in [9.17, 15) is 19.1 Å². The first-order valence-electron chi connectivity index (χ1n) is 13.7. The molecule has 3 aromatic heterocycles. The number of halogens is 1. The van der Waals surface area contributed by atoms with Gasteiger partial charge in [-0.1, -0.05) is 26.5 Å². The molecule has 1 aliphatic rings. The van der Waals surface area contributed by atoms with Crippen LogP contribution in [-0.4, -0.2) is 66.9 Å². The van der Waals surface area contributed by atoms with Gasteiger partial charge in [-0.2, -0.15) is 4.98 Å². The first-order chi connectivity index (χ1) is 20.1. The molecule has 0 unspecified atom stereocenters. The van der Waals surface area contributed by atoms with E-state index in [1.54, 1.807) is 23.2 Å². The third kappa shape index (κ3) is 5.02. The number of phenols is 1. The summed E-state index contributed by atoms with van der Waals surface area (Å²) in [5.74, 6) is -0.646. The smallest absolute Gasteiger partial charge is 0.355 e. The number of hydrogen-bond donors (Lipinski definition) is 1. The van der Waals surface area contributed by atoms with E-state index in [2.05, 4.69) is 16.5 Å². The van der Waals surface area contributed by atoms with Gasteiger partial charge in [-0.3, -0.25) is 9.78 Å². The lowest BCUT2D eigenvalue weighted by atomic mass is 10.1. The summed E-state index contributed by atoms with van der Waals surface area (Å²) < 4.78 is 16.4. The van der Waals surface area contributed by atoms with Crippen LogP contribution >= 0.6 is 11.8 Å². The molecule has 1 saturated heterocycles. The molecule has 0 saturated carbocycles. The Balaban J connectivity index is 1.82. The average molecular weight is 589 g/mol. The van der Waals surface area contributed by atoms with E-state index in [-0.39, 0.29) is 46.6 Å². The lowest BCUT2D eigenvalue weighted by Gasteiger charge is -2.44. The Hall–Kier alpha value is -4.25. The molecule has 42 heavy (non-hydrogen) atoms. The van der Waals surface area contributed by atoms with Gasteiger partial charge in [-0.15, -0.1) is 11.8 Å². The molecule has 1 amide bonds. The van der Waals surface area contributed by atoms with E-state index in [0.29, 0.717) is 35.7 Å². The molecule has 4 heterocycles. The number of amides is 1.